The molecule has 6 heteroatoms. The van der Waals surface area contributed by atoms with Crippen LogP contribution in [-0.2, 0) is 16.1 Å². The lowest BCUT2D eigenvalue weighted by Crippen LogP contribution is -3.16. The van der Waals surface area contributed by atoms with Crippen molar-refractivity contribution < 1.29 is 19.2 Å². The summed E-state index contributed by atoms with van der Waals surface area (Å²) in [5, 5.41) is 5.84. The maximum absolute atomic E-state index is 12.7. The largest absolute Gasteiger partial charge is 0.364 e. The van der Waals surface area contributed by atoms with Crippen molar-refractivity contribution in [3.05, 3.63) is 65.2 Å². The molecule has 0 unspecified atom stereocenters. The van der Waals surface area contributed by atoms with E-state index in [1.807, 2.05) is 51.1 Å². The molecular formula is C23H30N3O3+. The standard InChI is InChI=1S/C23H29N3O3/c1-16-8-10-19(11-9-16)12-24-23(28)20-6-4-5-7-21(20)25-22(27)15-26-13-17(2)29-18(3)14-26/h4-11,17-18H,12-15H2,1-3H3,(H,24,28)(H,25,27)/p+1/t17-,18-/m0/s1. The lowest BCUT2D eigenvalue weighted by atomic mass is 10.1. The number of nitrogens with one attached hydrogen (secondary N) is 3. The van der Waals surface area contributed by atoms with Crippen molar-refractivity contribution in [3.8, 4) is 0 Å². The van der Waals surface area contributed by atoms with Gasteiger partial charge in [0, 0.05) is 6.54 Å². The number of carbonyl (C=O) groups is 2. The van der Waals surface area contributed by atoms with Crippen LogP contribution in [0.5, 0.6) is 0 Å². The highest BCUT2D eigenvalue weighted by Gasteiger charge is 2.27. The first kappa shape index (κ1) is 21.0. The van der Waals surface area contributed by atoms with E-state index in [1.54, 1.807) is 18.2 Å². The van der Waals surface area contributed by atoms with Crippen LogP contribution in [0.3, 0.4) is 0 Å². The van der Waals surface area contributed by atoms with E-state index in [0.717, 1.165) is 18.7 Å². The number of morpholine rings is 1. The second kappa shape index (κ2) is 9.67. The first-order chi connectivity index (χ1) is 13.9. The molecule has 3 N–H and O–H groups in total. The highest BCUT2D eigenvalue weighted by molar-refractivity contribution is 6.03. The Kier molecular flexibility index (Phi) is 7.01. The van der Waals surface area contributed by atoms with Crippen LogP contribution in [0.4, 0.5) is 5.69 Å². The normalized spacial score (nSPS) is 21.4. The summed E-state index contributed by atoms with van der Waals surface area (Å²) >= 11 is 0. The zero-order valence-electron chi connectivity index (χ0n) is 17.3. The van der Waals surface area contributed by atoms with Crippen LogP contribution in [0.2, 0.25) is 0 Å². The van der Waals surface area contributed by atoms with Gasteiger partial charge in [0.05, 0.1) is 11.3 Å². The van der Waals surface area contributed by atoms with E-state index in [0.29, 0.717) is 24.3 Å². The van der Waals surface area contributed by atoms with Gasteiger partial charge in [-0.05, 0) is 38.5 Å². The summed E-state index contributed by atoms with van der Waals surface area (Å²) in [4.78, 5) is 26.4. The Hall–Kier alpha value is -2.70. The van der Waals surface area contributed by atoms with Gasteiger partial charge in [-0.15, -0.1) is 0 Å². The number of quaternary nitrogens is 1. The van der Waals surface area contributed by atoms with Crippen LogP contribution in [0, 0.1) is 6.92 Å². The molecule has 2 amide bonds. The maximum atomic E-state index is 12.7. The molecule has 3 rings (SSSR count). The summed E-state index contributed by atoms with van der Waals surface area (Å²) in [6.07, 6.45) is 0.280. The van der Waals surface area contributed by atoms with Crippen molar-refractivity contribution in [2.75, 3.05) is 25.0 Å². The van der Waals surface area contributed by atoms with E-state index < -0.39 is 0 Å². The second-order valence-electron chi connectivity index (χ2n) is 7.85. The number of anilines is 1. The van der Waals surface area contributed by atoms with E-state index in [-0.39, 0.29) is 24.0 Å². The molecule has 0 aliphatic carbocycles. The van der Waals surface area contributed by atoms with E-state index in [4.69, 9.17) is 4.74 Å². The molecule has 1 saturated heterocycles. The van der Waals surface area contributed by atoms with Crippen LogP contribution < -0.4 is 15.5 Å². The van der Waals surface area contributed by atoms with Crippen LogP contribution in [0.1, 0.15) is 35.3 Å². The topological polar surface area (TPSA) is 71.9 Å². The van der Waals surface area contributed by atoms with Crippen LogP contribution in [0.15, 0.2) is 48.5 Å². The minimum absolute atomic E-state index is 0.0971. The minimum Gasteiger partial charge on any atom is -0.364 e. The number of carbonyl (C=O) groups excluding carboxylic acids is 2. The van der Waals surface area contributed by atoms with Crippen molar-refractivity contribution in [1.82, 2.24) is 5.32 Å². The predicted molar refractivity (Wildman–Crippen MR) is 113 cm³/mol. The van der Waals surface area contributed by atoms with Gasteiger partial charge in [0.15, 0.2) is 6.54 Å². The average Bonchev–Trinajstić information content (AvgIpc) is 2.67. The van der Waals surface area contributed by atoms with Gasteiger partial charge in [-0.25, -0.2) is 0 Å². The van der Waals surface area contributed by atoms with E-state index in [9.17, 15) is 9.59 Å². The van der Waals surface area contributed by atoms with Crippen LogP contribution in [-0.4, -0.2) is 43.7 Å². The second-order valence-corrected chi connectivity index (χ2v) is 7.85. The molecular weight excluding hydrogens is 366 g/mol. The molecule has 2 aromatic carbocycles. The minimum atomic E-state index is -0.206. The number of para-hydroxylation sites is 1. The third kappa shape index (κ3) is 6.14. The van der Waals surface area contributed by atoms with Crippen molar-refractivity contribution in [3.63, 3.8) is 0 Å². The predicted octanol–water partition coefficient (Wildman–Crippen LogP) is 1.56. The number of aryl methyl sites for hydroxylation is 1. The lowest BCUT2D eigenvalue weighted by Gasteiger charge is -2.31. The van der Waals surface area contributed by atoms with Gasteiger partial charge in [-0.3, -0.25) is 9.59 Å². The molecule has 1 heterocycles. The van der Waals surface area contributed by atoms with Crippen molar-refractivity contribution in [2.24, 2.45) is 0 Å². The number of amides is 2. The molecule has 154 valence electrons. The number of hydrogen-bond acceptors (Lipinski definition) is 3. The number of hydrogen-bond donors (Lipinski definition) is 3. The third-order valence-corrected chi connectivity index (χ3v) is 5.05. The molecule has 0 bridgehead atoms. The van der Waals surface area contributed by atoms with Gasteiger partial charge < -0.3 is 20.3 Å². The third-order valence-electron chi connectivity index (χ3n) is 5.05. The van der Waals surface area contributed by atoms with Gasteiger partial charge in [0.25, 0.3) is 11.8 Å². The van der Waals surface area contributed by atoms with Crippen LogP contribution in [0.25, 0.3) is 0 Å². The number of rotatable bonds is 6. The fourth-order valence-corrected chi connectivity index (χ4v) is 3.73. The molecule has 2 atom stereocenters. The summed E-state index contributed by atoms with van der Waals surface area (Å²) in [6, 6.07) is 15.1. The summed E-state index contributed by atoms with van der Waals surface area (Å²) in [5.74, 6) is -0.303. The fraction of sp³-hybridized carbons (Fsp3) is 0.391. The van der Waals surface area contributed by atoms with Gasteiger partial charge in [-0.2, -0.15) is 0 Å². The molecule has 0 spiro atoms. The fourth-order valence-electron chi connectivity index (χ4n) is 3.73. The molecule has 1 fully saturated rings. The van der Waals surface area contributed by atoms with E-state index in [2.05, 4.69) is 10.6 Å². The maximum Gasteiger partial charge on any atom is 0.279 e. The monoisotopic (exact) mass is 396 g/mol. The summed E-state index contributed by atoms with van der Waals surface area (Å²) in [7, 11) is 0. The SMILES string of the molecule is Cc1ccc(CNC(=O)c2ccccc2NC(=O)C[NH+]2C[C@H](C)O[C@@H](C)C2)cc1. The van der Waals surface area contributed by atoms with E-state index >= 15 is 0 Å². The molecule has 29 heavy (non-hydrogen) atoms. The van der Waals surface area contributed by atoms with Gasteiger partial charge in [0.1, 0.15) is 25.3 Å². The first-order valence-corrected chi connectivity index (χ1v) is 10.1. The van der Waals surface area contributed by atoms with Crippen molar-refractivity contribution in [2.45, 2.75) is 39.5 Å². The molecule has 0 radical (unpaired) electrons. The Bertz CT molecular complexity index is 841. The molecule has 1 aliphatic heterocycles. The zero-order chi connectivity index (χ0) is 20.8. The molecule has 2 aromatic rings. The van der Waals surface area contributed by atoms with Gasteiger partial charge in [-0.1, -0.05) is 42.0 Å². The Morgan fingerprint density at radius 3 is 2.38 bits per heavy atom. The number of benzene rings is 2. The summed E-state index contributed by atoms with van der Waals surface area (Å²) in [5.41, 5.74) is 3.21. The Labute approximate surface area is 172 Å². The Morgan fingerprint density at radius 2 is 1.69 bits per heavy atom. The highest BCUT2D eigenvalue weighted by atomic mass is 16.5. The quantitative estimate of drug-likeness (QED) is 0.694. The average molecular weight is 397 g/mol. The summed E-state index contributed by atoms with van der Waals surface area (Å²) in [6.45, 7) is 8.49. The molecule has 1 aliphatic rings. The Morgan fingerprint density at radius 1 is 1.03 bits per heavy atom. The van der Waals surface area contributed by atoms with Gasteiger partial charge >= 0.3 is 0 Å². The van der Waals surface area contributed by atoms with Crippen LogP contribution >= 0.6 is 0 Å². The lowest BCUT2D eigenvalue weighted by molar-refractivity contribution is -0.907. The van der Waals surface area contributed by atoms with E-state index in [1.165, 1.54) is 10.5 Å². The zero-order valence-corrected chi connectivity index (χ0v) is 17.3. The smallest absolute Gasteiger partial charge is 0.279 e. The first-order valence-electron chi connectivity index (χ1n) is 10.1. The molecule has 6 nitrogen and oxygen atoms in total. The molecule has 0 aromatic heterocycles. The summed E-state index contributed by atoms with van der Waals surface area (Å²) < 4.78 is 5.73. The number of ether oxygens (including phenoxy) is 1. The van der Waals surface area contributed by atoms with Crippen molar-refractivity contribution in [1.29, 1.82) is 0 Å². The van der Waals surface area contributed by atoms with Crippen molar-refractivity contribution >= 4 is 17.5 Å². The highest BCUT2D eigenvalue weighted by Crippen LogP contribution is 2.15. The molecule has 0 saturated carbocycles. The van der Waals surface area contributed by atoms with Gasteiger partial charge in [0.2, 0.25) is 0 Å². The Balaban J connectivity index is 1.59.